The monoisotopic (exact) mass is 258 g/mol. The molecule has 5 heteroatoms. The van der Waals surface area contributed by atoms with Crippen molar-refractivity contribution in [3.63, 3.8) is 0 Å². The Hall–Kier alpha value is -0.810. The maximum absolute atomic E-state index is 11.4. The van der Waals surface area contributed by atoms with Gasteiger partial charge in [-0.25, -0.2) is 10.3 Å². The molecule has 0 aliphatic heterocycles. The van der Waals surface area contributed by atoms with Crippen molar-refractivity contribution in [3.05, 3.63) is 0 Å². The molecule has 1 rings (SSSR count). The van der Waals surface area contributed by atoms with Crippen LogP contribution in [0.15, 0.2) is 0 Å². The number of aliphatic hydroxyl groups is 1. The summed E-state index contributed by atoms with van der Waals surface area (Å²) in [7, 11) is 0. The Balaban J connectivity index is 2.11. The fourth-order valence-corrected chi connectivity index (χ4v) is 2.38. The van der Waals surface area contributed by atoms with E-state index in [1.807, 2.05) is 13.8 Å². The minimum absolute atomic E-state index is 0.153. The molecule has 0 spiro atoms. The van der Waals surface area contributed by atoms with Gasteiger partial charge >= 0.3 is 6.03 Å². The highest BCUT2D eigenvalue weighted by atomic mass is 16.7. The second-order valence-corrected chi connectivity index (χ2v) is 4.98. The van der Waals surface area contributed by atoms with Gasteiger partial charge < -0.3 is 10.4 Å². The Morgan fingerprint density at radius 2 is 1.94 bits per heavy atom. The van der Waals surface area contributed by atoms with Gasteiger partial charge in [0.2, 0.25) is 0 Å². The third kappa shape index (κ3) is 5.23. The van der Waals surface area contributed by atoms with Gasteiger partial charge in [0, 0.05) is 6.54 Å². The maximum Gasteiger partial charge on any atom is 0.338 e. The van der Waals surface area contributed by atoms with Crippen LogP contribution in [-0.2, 0) is 4.84 Å². The number of hydroxylamine groups is 1. The predicted octanol–water partition coefficient (Wildman–Crippen LogP) is 1.96. The Morgan fingerprint density at radius 1 is 1.33 bits per heavy atom. The van der Waals surface area contributed by atoms with Gasteiger partial charge in [0.1, 0.15) is 0 Å². The summed E-state index contributed by atoms with van der Waals surface area (Å²) in [6.07, 6.45) is 5.85. The lowest BCUT2D eigenvalue weighted by molar-refractivity contribution is -0.000930. The van der Waals surface area contributed by atoms with E-state index < -0.39 is 6.10 Å². The molecule has 106 valence electrons. The minimum atomic E-state index is -0.489. The van der Waals surface area contributed by atoms with E-state index in [9.17, 15) is 9.90 Å². The summed E-state index contributed by atoms with van der Waals surface area (Å²) in [6, 6.07) is -0.369. The molecule has 5 nitrogen and oxygen atoms in total. The van der Waals surface area contributed by atoms with Crippen molar-refractivity contribution in [2.75, 3.05) is 6.54 Å². The molecule has 1 saturated carbocycles. The van der Waals surface area contributed by atoms with Crippen LogP contribution < -0.4 is 10.8 Å². The molecule has 1 aliphatic carbocycles. The molecule has 18 heavy (non-hydrogen) atoms. The van der Waals surface area contributed by atoms with E-state index in [-0.39, 0.29) is 24.6 Å². The number of urea groups is 1. The van der Waals surface area contributed by atoms with Crippen molar-refractivity contribution in [1.29, 1.82) is 0 Å². The van der Waals surface area contributed by atoms with Crippen molar-refractivity contribution in [2.24, 2.45) is 5.92 Å². The first-order chi connectivity index (χ1) is 8.67. The van der Waals surface area contributed by atoms with Crippen LogP contribution in [0.1, 0.15) is 52.4 Å². The summed E-state index contributed by atoms with van der Waals surface area (Å²) < 4.78 is 0. The lowest BCUT2D eigenvalue weighted by Crippen LogP contribution is -2.42. The number of carbonyl (C=O) groups is 1. The number of amides is 2. The Labute approximate surface area is 109 Å². The topological polar surface area (TPSA) is 70.6 Å². The van der Waals surface area contributed by atoms with Gasteiger partial charge in [-0.3, -0.25) is 4.84 Å². The fraction of sp³-hybridized carbons (Fsp3) is 0.923. The van der Waals surface area contributed by atoms with Crippen LogP contribution in [0, 0.1) is 5.92 Å². The van der Waals surface area contributed by atoms with Crippen LogP contribution in [0.4, 0.5) is 4.79 Å². The molecule has 1 unspecified atom stereocenters. The average molecular weight is 258 g/mol. The number of carbonyl (C=O) groups excluding carboxylic acids is 1. The molecule has 1 atom stereocenters. The predicted molar refractivity (Wildman–Crippen MR) is 70.0 cm³/mol. The van der Waals surface area contributed by atoms with Crippen LogP contribution in [0.25, 0.3) is 0 Å². The zero-order chi connectivity index (χ0) is 13.4. The van der Waals surface area contributed by atoms with Crippen molar-refractivity contribution >= 4 is 6.03 Å². The van der Waals surface area contributed by atoms with E-state index in [0.717, 1.165) is 25.7 Å². The van der Waals surface area contributed by atoms with Crippen LogP contribution in [-0.4, -0.2) is 29.9 Å². The number of hydrogen-bond acceptors (Lipinski definition) is 3. The van der Waals surface area contributed by atoms with Crippen LogP contribution in [0.3, 0.4) is 0 Å². The van der Waals surface area contributed by atoms with E-state index in [1.54, 1.807) is 0 Å². The molecule has 0 aromatic rings. The molecular formula is C13H26N2O3. The van der Waals surface area contributed by atoms with Crippen LogP contribution in [0.2, 0.25) is 0 Å². The largest absolute Gasteiger partial charge is 0.391 e. The van der Waals surface area contributed by atoms with Gasteiger partial charge in [0.15, 0.2) is 0 Å². The highest BCUT2D eigenvalue weighted by Crippen LogP contribution is 2.19. The van der Waals surface area contributed by atoms with Gasteiger partial charge in [-0.05, 0) is 18.8 Å². The van der Waals surface area contributed by atoms with Crippen LogP contribution >= 0.6 is 0 Å². The van der Waals surface area contributed by atoms with E-state index >= 15 is 0 Å². The summed E-state index contributed by atoms with van der Waals surface area (Å²) in [5, 5.41) is 12.5. The molecule has 1 aliphatic rings. The Kier molecular flexibility index (Phi) is 7.05. The summed E-state index contributed by atoms with van der Waals surface area (Å²) in [5.41, 5.74) is 2.39. The molecule has 3 N–H and O–H groups in total. The first-order valence-corrected chi connectivity index (χ1v) is 7.04. The van der Waals surface area contributed by atoms with Gasteiger partial charge in [-0.15, -0.1) is 0 Å². The number of hydrogen-bond donors (Lipinski definition) is 3. The summed E-state index contributed by atoms with van der Waals surface area (Å²) in [4.78, 5) is 16.7. The molecule has 1 fully saturated rings. The second-order valence-electron chi connectivity index (χ2n) is 4.98. The number of aliphatic hydroxyl groups excluding tert-OH is 1. The average Bonchev–Trinajstić information content (AvgIpc) is 2.88. The van der Waals surface area contributed by atoms with E-state index in [2.05, 4.69) is 10.8 Å². The van der Waals surface area contributed by atoms with Crippen molar-refractivity contribution in [1.82, 2.24) is 10.8 Å². The third-order valence-corrected chi connectivity index (χ3v) is 3.69. The SMILES string of the molecule is CCC(CC)C(O)CNC(=O)NOC1CCCC1. The second kappa shape index (κ2) is 8.32. The highest BCUT2D eigenvalue weighted by molar-refractivity contribution is 5.72. The molecule has 0 aromatic heterocycles. The first kappa shape index (κ1) is 15.2. The van der Waals surface area contributed by atoms with Gasteiger partial charge in [-0.2, -0.15) is 0 Å². The standard InChI is InChI=1S/C13H26N2O3/c1-3-10(4-2)12(16)9-14-13(17)15-18-11-7-5-6-8-11/h10-12,16H,3-9H2,1-2H3,(H2,14,15,17). The van der Waals surface area contributed by atoms with Gasteiger partial charge in [-0.1, -0.05) is 39.5 Å². The molecule has 0 bridgehead atoms. The lowest BCUT2D eigenvalue weighted by atomic mass is 9.97. The smallest absolute Gasteiger partial charge is 0.338 e. The molecule has 0 radical (unpaired) electrons. The summed E-state index contributed by atoms with van der Waals surface area (Å²) in [6.45, 7) is 4.35. The highest BCUT2D eigenvalue weighted by Gasteiger charge is 2.18. The lowest BCUT2D eigenvalue weighted by Gasteiger charge is -2.20. The zero-order valence-corrected chi connectivity index (χ0v) is 11.4. The summed E-state index contributed by atoms with van der Waals surface area (Å²) in [5.74, 6) is 0.237. The third-order valence-electron chi connectivity index (χ3n) is 3.69. The molecule has 0 heterocycles. The van der Waals surface area contributed by atoms with Gasteiger partial charge in [0.05, 0.1) is 12.2 Å². The van der Waals surface area contributed by atoms with Crippen molar-refractivity contribution < 1.29 is 14.7 Å². The number of rotatable bonds is 7. The Bertz CT molecular complexity index is 238. The summed E-state index contributed by atoms with van der Waals surface area (Å²) >= 11 is 0. The van der Waals surface area contributed by atoms with Crippen LogP contribution in [0.5, 0.6) is 0 Å². The van der Waals surface area contributed by atoms with E-state index in [0.29, 0.717) is 0 Å². The number of nitrogens with one attached hydrogen (secondary N) is 2. The van der Waals surface area contributed by atoms with Crippen molar-refractivity contribution in [3.8, 4) is 0 Å². The first-order valence-electron chi connectivity index (χ1n) is 7.04. The normalized spacial score (nSPS) is 18.0. The molecule has 2 amide bonds. The minimum Gasteiger partial charge on any atom is -0.391 e. The maximum atomic E-state index is 11.4. The van der Waals surface area contributed by atoms with E-state index in [4.69, 9.17) is 4.84 Å². The van der Waals surface area contributed by atoms with Gasteiger partial charge in [0.25, 0.3) is 0 Å². The van der Waals surface area contributed by atoms with E-state index in [1.165, 1.54) is 12.8 Å². The zero-order valence-electron chi connectivity index (χ0n) is 11.4. The fourth-order valence-electron chi connectivity index (χ4n) is 2.38. The Morgan fingerprint density at radius 3 is 2.50 bits per heavy atom. The molecule has 0 aromatic carbocycles. The van der Waals surface area contributed by atoms with Crippen molar-refractivity contribution in [2.45, 2.75) is 64.6 Å². The quantitative estimate of drug-likeness (QED) is 0.611. The molecular weight excluding hydrogens is 232 g/mol. The molecule has 0 saturated heterocycles.